The summed E-state index contributed by atoms with van der Waals surface area (Å²) in [5.74, 6) is 0.635. The molecule has 0 aliphatic heterocycles. The molecule has 194 valence electrons. The van der Waals surface area contributed by atoms with E-state index in [2.05, 4.69) is 25.7 Å². The molecule has 1 amide bonds. The van der Waals surface area contributed by atoms with Crippen molar-refractivity contribution in [3.8, 4) is 45.8 Å². The van der Waals surface area contributed by atoms with Crippen LogP contribution in [-0.4, -0.2) is 31.2 Å². The maximum absolute atomic E-state index is 13.0. The van der Waals surface area contributed by atoms with E-state index in [9.17, 15) is 14.9 Å². The molecule has 0 aliphatic carbocycles. The molecule has 0 unspecified atom stereocenters. The third kappa shape index (κ3) is 5.07. The minimum absolute atomic E-state index is 0.114. The number of hydrogen-bond donors (Lipinski definition) is 1. The van der Waals surface area contributed by atoms with E-state index in [0.29, 0.717) is 28.6 Å². The lowest BCUT2D eigenvalue weighted by atomic mass is 10.1. The number of amides is 1. The molecule has 0 spiro atoms. The standard InChI is InChI=1S/C29H18N6O5/c36-25(18-11-13-24(14-12-18)35(37)38)30-23-16-21(28-33-31-26(39-28)19-7-3-1-4-8-19)15-22(17-23)29-34-32-27(40-29)20-9-5-2-6-10-20/h1-17H,(H,30,36). The first-order chi connectivity index (χ1) is 19.5. The molecule has 0 atom stereocenters. The smallest absolute Gasteiger partial charge is 0.269 e. The average Bonchev–Trinajstić information content (AvgIpc) is 3.69. The van der Waals surface area contributed by atoms with Crippen LogP contribution in [0.3, 0.4) is 0 Å². The van der Waals surface area contributed by atoms with Gasteiger partial charge in [-0.25, -0.2) is 0 Å². The number of nitrogens with one attached hydrogen (secondary N) is 1. The molecule has 6 rings (SSSR count). The molecule has 40 heavy (non-hydrogen) atoms. The predicted molar refractivity (Wildman–Crippen MR) is 145 cm³/mol. The van der Waals surface area contributed by atoms with Gasteiger partial charge in [-0.3, -0.25) is 14.9 Å². The van der Waals surface area contributed by atoms with Gasteiger partial charge in [-0.2, -0.15) is 0 Å². The van der Waals surface area contributed by atoms with E-state index in [1.165, 1.54) is 24.3 Å². The molecule has 11 heteroatoms. The van der Waals surface area contributed by atoms with Crippen LogP contribution in [0.25, 0.3) is 45.8 Å². The zero-order valence-electron chi connectivity index (χ0n) is 20.6. The number of benzene rings is 4. The van der Waals surface area contributed by atoms with Crippen molar-refractivity contribution in [1.82, 2.24) is 20.4 Å². The van der Waals surface area contributed by atoms with Gasteiger partial charge in [-0.1, -0.05) is 36.4 Å². The number of anilines is 1. The van der Waals surface area contributed by atoms with Crippen molar-refractivity contribution in [1.29, 1.82) is 0 Å². The summed E-state index contributed by atoms with van der Waals surface area (Å²) in [6, 6.07) is 29.0. The van der Waals surface area contributed by atoms with Crippen LogP contribution in [-0.2, 0) is 0 Å². The first kappa shape index (κ1) is 24.4. The molecule has 6 aromatic rings. The molecule has 2 aromatic heterocycles. The fourth-order valence-corrected chi connectivity index (χ4v) is 3.96. The second kappa shape index (κ2) is 10.4. The predicted octanol–water partition coefficient (Wildman–Crippen LogP) is 6.28. The van der Waals surface area contributed by atoms with Gasteiger partial charge < -0.3 is 14.2 Å². The second-order valence-corrected chi connectivity index (χ2v) is 8.61. The summed E-state index contributed by atoms with van der Waals surface area (Å²) >= 11 is 0. The summed E-state index contributed by atoms with van der Waals surface area (Å²) < 4.78 is 11.9. The summed E-state index contributed by atoms with van der Waals surface area (Å²) in [6.07, 6.45) is 0. The van der Waals surface area contributed by atoms with Crippen molar-refractivity contribution in [2.45, 2.75) is 0 Å². The molecule has 0 bridgehead atoms. The molecule has 0 aliphatic rings. The highest BCUT2D eigenvalue weighted by Crippen LogP contribution is 2.32. The fraction of sp³-hybridized carbons (Fsp3) is 0. The molecule has 0 fully saturated rings. The minimum atomic E-state index is -0.528. The number of nitro benzene ring substituents is 1. The Morgan fingerprint density at radius 3 is 1.52 bits per heavy atom. The van der Waals surface area contributed by atoms with Crippen LogP contribution in [0, 0.1) is 10.1 Å². The van der Waals surface area contributed by atoms with Crippen molar-refractivity contribution in [2.24, 2.45) is 0 Å². The first-order valence-electron chi connectivity index (χ1n) is 12.0. The second-order valence-electron chi connectivity index (χ2n) is 8.61. The highest BCUT2D eigenvalue weighted by atomic mass is 16.6. The average molecular weight is 531 g/mol. The quantitative estimate of drug-likeness (QED) is 0.186. The number of carbonyl (C=O) groups is 1. The van der Waals surface area contributed by atoms with Gasteiger partial charge in [0.05, 0.1) is 4.92 Å². The number of non-ortho nitro benzene ring substituents is 1. The first-order valence-corrected chi connectivity index (χ1v) is 12.0. The van der Waals surface area contributed by atoms with Crippen molar-refractivity contribution in [3.63, 3.8) is 0 Å². The van der Waals surface area contributed by atoms with Crippen LogP contribution in [0.2, 0.25) is 0 Å². The van der Waals surface area contributed by atoms with E-state index < -0.39 is 10.8 Å². The van der Waals surface area contributed by atoms with Crippen LogP contribution in [0.5, 0.6) is 0 Å². The Bertz CT molecular complexity index is 1720. The van der Waals surface area contributed by atoms with Gasteiger partial charge in [0.15, 0.2) is 0 Å². The summed E-state index contributed by atoms with van der Waals surface area (Å²) in [5, 5.41) is 30.5. The number of nitrogens with zero attached hydrogens (tertiary/aromatic N) is 5. The van der Waals surface area contributed by atoms with Gasteiger partial charge in [-0.15, -0.1) is 20.4 Å². The van der Waals surface area contributed by atoms with Crippen LogP contribution >= 0.6 is 0 Å². The number of nitro groups is 1. The lowest BCUT2D eigenvalue weighted by Crippen LogP contribution is -2.12. The van der Waals surface area contributed by atoms with E-state index in [1.54, 1.807) is 18.2 Å². The zero-order valence-corrected chi connectivity index (χ0v) is 20.6. The Kier molecular flexibility index (Phi) is 6.35. The van der Waals surface area contributed by atoms with Crippen LogP contribution in [0.1, 0.15) is 10.4 Å². The third-order valence-corrected chi connectivity index (χ3v) is 5.92. The Hall–Kier alpha value is -5.97. The van der Waals surface area contributed by atoms with Crippen LogP contribution in [0.4, 0.5) is 11.4 Å². The molecule has 0 radical (unpaired) electrons. The van der Waals surface area contributed by atoms with Gasteiger partial charge in [0, 0.05) is 45.6 Å². The van der Waals surface area contributed by atoms with Gasteiger partial charge in [0.1, 0.15) is 0 Å². The zero-order chi connectivity index (χ0) is 27.5. The van der Waals surface area contributed by atoms with E-state index in [1.807, 2.05) is 60.7 Å². The summed E-state index contributed by atoms with van der Waals surface area (Å²) in [6.45, 7) is 0. The summed E-state index contributed by atoms with van der Waals surface area (Å²) in [5.41, 5.74) is 3.04. The molecule has 0 saturated carbocycles. The van der Waals surface area contributed by atoms with Gasteiger partial charge in [0.25, 0.3) is 11.6 Å². The van der Waals surface area contributed by atoms with E-state index in [-0.39, 0.29) is 23.0 Å². The SMILES string of the molecule is O=C(Nc1cc(-c2nnc(-c3ccccc3)o2)cc(-c2nnc(-c3ccccc3)o2)c1)c1ccc([N+](=O)[O-])cc1. The van der Waals surface area contributed by atoms with Crippen molar-refractivity contribution in [2.75, 3.05) is 5.32 Å². The Morgan fingerprint density at radius 2 is 1.07 bits per heavy atom. The maximum atomic E-state index is 13.0. The number of aromatic nitrogens is 4. The fourth-order valence-electron chi connectivity index (χ4n) is 3.96. The lowest BCUT2D eigenvalue weighted by molar-refractivity contribution is -0.384. The Morgan fingerprint density at radius 1 is 0.625 bits per heavy atom. The topological polar surface area (TPSA) is 150 Å². The molecule has 11 nitrogen and oxygen atoms in total. The highest BCUT2D eigenvalue weighted by molar-refractivity contribution is 6.05. The van der Waals surface area contributed by atoms with Crippen molar-refractivity contribution >= 4 is 17.3 Å². The van der Waals surface area contributed by atoms with Gasteiger partial charge in [0.2, 0.25) is 23.6 Å². The third-order valence-electron chi connectivity index (χ3n) is 5.92. The van der Waals surface area contributed by atoms with E-state index in [0.717, 1.165) is 11.1 Å². The molecular formula is C29H18N6O5. The van der Waals surface area contributed by atoms with Crippen molar-refractivity contribution < 1.29 is 18.6 Å². The van der Waals surface area contributed by atoms with Gasteiger partial charge in [-0.05, 0) is 54.6 Å². The summed E-state index contributed by atoms with van der Waals surface area (Å²) in [4.78, 5) is 23.4. The normalized spacial score (nSPS) is 10.8. The molecular weight excluding hydrogens is 512 g/mol. The summed E-state index contributed by atoms with van der Waals surface area (Å²) in [7, 11) is 0. The van der Waals surface area contributed by atoms with Crippen LogP contribution < -0.4 is 5.32 Å². The minimum Gasteiger partial charge on any atom is -0.416 e. The van der Waals surface area contributed by atoms with Crippen LogP contribution in [0.15, 0.2) is 112 Å². The number of rotatable bonds is 7. The molecule has 1 N–H and O–H groups in total. The largest absolute Gasteiger partial charge is 0.416 e. The molecule has 4 aromatic carbocycles. The number of hydrogen-bond acceptors (Lipinski definition) is 9. The highest BCUT2D eigenvalue weighted by Gasteiger charge is 2.18. The maximum Gasteiger partial charge on any atom is 0.269 e. The van der Waals surface area contributed by atoms with E-state index >= 15 is 0 Å². The Labute approximate surface area is 226 Å². The lowest BCUT2D eigenvalue weighted by Gasteiger charge is -2.08. The number of carbonyl (C=O) groups excluding carboxylic acids is 1. The molecule has 2 heterocycles. The van der Waals surface area contributed by atoms with Crippen molar-refractivity contribution in [3.05, 3.63) is 119 Å². The van der Waals surface area contributed by atoms with E-state index in [4.69, 9.17) is 8.83 Å². The monoisotopic (exact) mass is 530 g/mol. The molecule has 0 saturated heterocycles. The van der Waals surface area contributed by atoms with Gasteiger partial charge >= 0.3 is 0 Å². The Balaban J connectivity index is 1.37.